The number of halogens is 1. The lowest BCUT2D eigenvalue weighted by molar-refractivity contribution is 0.101. The summed E-state index contributed by atoms with van der Waals surface area (Å²) in [5, 5.41) is 9.10. The highest BCUT2D eigenvalue weighted by Crippen LogP contribution is 2.22. The molecule has 0 heterocycles. The third-order valence-electron chi connectivity index (χ3n) is 1.59. The van der Waals surface area contributed by atoms with Crippen molar-refractivity contribution in [2.45, 2.75) is 13.8 Å². The van der Waals surface area contributed by atoms with Crippen molar-refractivity contribution in [3.8, 4) is 5.75 Å². The number of hydrogen-bond acceptors (Lipinski definition) is 2. The van der Waals surface area contributed by atoms with Gasteiger partial charge in [-0.3, -0.25) is 4.79 Å². The standard InChI is InChI=1S/C9H9FO2/c1-5-3-7(6(2)11)9(12)8(10)4-5/h3-4,12H,1-2H3. The van der Waals surface area contributed by atoms with E-state index in [9.17, 15) is 9.18 Å². The smallest absolute Gasteiger partial charge is 0.165 e. The average Bonchev–Trinajstić information content (AvgIpc) is 1.96. The van der Waals surface area contributed by atoms with E-state index in [1.807, 2.05) is 0 Å². The number of carbonyl (C=O) groups excluding carboxylic acids is 1. The van der Waals surface area contributed by atoms with Crippen molar-refractivity contribution < 1.29 is 14.3 Å². The highest BCUT2D eigenvalue weighted by atomic mass is 19.1. The number of rotatable bonds is 1. The Balaban J connectivity index is 3.37. The summed E-state index contributed by atoms with van der Waals surface area (Å²) >= 11 is 0. The molecule has 0 aliphatic carbocycles. The molecular formula is C9H9FO2. The summed E-state index contributed by atoms with van der Waals surface area (Å²) < 4.78 is 12.8. The van der Waals surface area contributed by atoms with Gasteiger partial charge < -0.3 is 5.11 Å². The van der Waals surface area contributed by atoms with Gasteiger partial charge in [0.25, 0.3) is 0 Å². The number of Topliss-reactive ketones (excluding diaryl/α,β-unsaturated/α-hetero) is 1. The second-order valence-electron chi connectivity index (χ2n) is 2.70. The Morgan fingerprint density at radius 2 is 2.08 bits per heavy atom. The molecule has 1 aromatic rings. The minimum Gasteiger partial charge on any atom is -0.504 e. The molecule has 0 aliphatic heterocycles. The Morgan fingerprint density at radius 1 is 1.50 bits per heavy atom. The summed E-state index contributed by atoms with van der Waals surface area (Å²) in [7, 11) is 0. The SMILES string of the molecule is CC(=O)c1cc(C)cc(F)c1O. The van der Waals surface area contributed by atoms with Gasteiger partial charge in [-0.25, -0.2) is 4.39 Å². The minimum absolute atomic E-state index is 0.0347. The normalized spacial score (nSPS) is 9.92. The van der Waals surface area contributed by atoms with E-state index in [1.54, 1.807) is 6.92 Å². The highest BCUT2D eigenvalue weighted by molar-refractivity contribution is 5.96. The fourth-order valence-corrected chi connectivity index (χ4v) is 1.00. The molecule has 0 saturated heterocycles. The van der Waals surface area contributed by atoms with Gasteiger partial charge in [-0.2, -0.15) is 0 Å². The molecule has 0 fully saturated rings. The van der Waals surface area contributed by atoms with Gasteiger partial charge >= 0.3 is 0 Å². The molecule has 0 aliphatic rings. The van der Waals surface area contributed by atoms with Crippen LogP contribution in [0.1, 0.15) is 22.8 Å². The maximum atomic E-state index is 12.8. The van der Waals surface area contributed by atoms with Crippen LogP contribution in [0.2, 0.25) is 0 Å². The van der Waals surface area contributed by atoms with E-state index >= 15 is 0 Å². The molecule has 1 N–H and O–H groups in total. The van der Waals surface area contributed by atoms with Crippen molar-refractivity contribution in [2.24, 2.45) is 0 Å². The zero-order valence-electron chi connectivity index (χ0n) is 6.89. The average molecular weight is 168 g/mol. The Morgan fingerprint density at radius 3 is 2.58 bits per heavy atom. The molecule has 1 aromatic carbocycles. The van der Waals surface area contributed by atoms with Crippen molar-refractivity contribution in [1.29, 1.82) is 0 Å². The van der Waals surface area contributed by atoms with E-state index in [0.717, 1.165) is 0 Å². The van der Waals surface area contributed by atoms with E-state index in [-0.39, 0.29) is 11.3 Å². The number of aromatic hydroxyl groups is 1. The number of phenolic OH excluding ortho intramolecular Hbond substituents is 1. The van der Waals surface area contributed by atoms with Crippen LogP contribution in [0.3, 0.4) is 0 Å². The Bertz CT molecular complexity index is 332. The Labute approximate surface area is 69.6 Å². The van der Waals surface area contributed by atoms with Crippen LogP contribution in [-0.4, -0.2) is 10.9 Å². The molecule has 0 amide bonds. The van der Waals surface area contributed by atoms with Crippen LogP contribution in [0.25, 0.3) is 0 Å². The minimum atomic E-state index is -0.750. The van der Waals surface area contributed by atoms with E-state index in [0.29, 0.717) is 5.56 Å². The fraction of sp³-hybridized carbons (Fsp3) is 0.222. The molecule has 0 spiro atoms. The molecule has 0 radical (unpaired) electrons. The monoisotopic (exact) mass is 168 g/mol. The second kappa shape index (κ2) is 2.93. The first kappa shape index (κ1) is 8.71. The molecule has 0 bridgehead atoms. The van der Waals surface area contributed by atoms with Gasteiger partial charge in [0.15, 0.2) is 17.3 Å². The maximum absolute atomic E-state index is 12.8. The first-order valence-corrected chi connectivity index (χ1v) is 3.52. The first-order chi connectivity index (χ1) is 5.52. The van der Waals surface area contributed by atoms with Crippen molar-refractivity contribution in [1.82, 2.24) is 0 Å². The summed E-state index contributed by atoms with van der Waals surface area (Å²) in [5.41, 5.74) is 0.656. The number of benzene rings is 1. The topological polar surface area (TPSA) is 37.3 Å². The lowest BCUT2D eigenvalue weighted by atomic mass is 10.1. The number of carbonyl (C=O) groups is 1. The molecule has 12 heavy (non-hydrogen) atoms. The zero-order chi connectivity index (χ0) is 9.30. The first-order valence-electron chi connectivity index (χ1n) is 3.52. The van der Waals surface area contributed by atoms with Gasteiger partial charge in [0.05, 0.1) is 5.56 Å². The van der Waals surface area contributed by atoms with Gasteiger partial charge in [-0.1, -0.05) is 0 Å². The quantitative estimate of drug-likeness (QED) is 0.651. The van der Waals surface area contributed by atoms with E-state index in [1.165, 1.54) is 19.1 Å². The van der Waals surface area contributed by atoms with Crippen LogP contribution >= 0.6 is 0 Å². The molecule has 0 saturated carbocycles. The third-order valence-corrected chi connectivity index (χ3v) is 1.59. The molecule has 0 atom stereocenters. The number of ketones is 1. The van der Waals surface area contributed by atoms with E-state index in [4.69, 9.17) is 5.11 Å². The molecule has 3 heteroatoms. The molecule has 2 nitrogen and oxygen atoms in total. The predicted octanol–water partition coefficient (Wildman–Crippen LogP) is 2.04. The van der Waals surface area contributed by atoms with Crippen molar-refractivity contribution >= 4 is 5.78 Å². The van der Waals surface area contributed by atoms with Gasteiger partial charge in [-0.15, -0.1) is 0 Å². The van der Waals surface area contributed by atoms with Crippen molar-refractivity contribution in [2.75, 3.05) is 0 Å². The maximum Gasteiger partial charge on any atom is 0.165 e. The van der Waals surface area contributed by atoms with Gasteiger partial charge in [-0.05, 0) is 31.5 Å². The zero-order valence-corrected chi connectivity index (χ0v) is 6.89. The summed E-state index contributed by atoms with van der Waals surface area (Å²) in [6.07, 6.45) is 0. The van der Waals surface area contributed by atoms with Gasteiger partial charge in [0.2, 0.25) is 0 Å². The largest absolute Gasteiger partial charge is 0.504 e. The highest BCUT2D eigenvalue weighted by Gasteiger charge is 2.11. The molecule has 0 aromatic heterocycles. The third kappa shape index (κ3) is 1.44. The van der Waals surface area contributed by atoms with Crippen LogP contribution in [0.5, 0.6) is 5.75 Å². The van der Waals surface area contributed by atoms with Gasteiger partial charge in [0.1, 0.15) is 0 Å². The Hall–Kier alpha value is -1.38. The molecule has 64 valence electrons. The second-order valence-corrected chi connectivity index (χ2v) is 2.70. The summed E-state index contributed by atoms with van der Waals surface area (Å²) in [5.74, 6) is -1.65. The lowest BCUT2D eigenvalue weighted by Gasteiger charge is -2.02. The van der Waals surface area contributed by atoms with Crippen LogP contribution < -0.4 is 0 Å². The van der Waals surface area contributed by atoms with Crippen molar-refractivity contribution in [3.05, 3.63) is 29.1 Å². The van der Waals surface area contributed by atoms with Crippen LogP contribution in [0.15, 0.2) is 12.1 Å². The molecule has 0 unspecified atom stereocenters. The van der Waals surface area contributed by atoms with E-state index < -0.39 is 11.6 Å². The predicted molar refractivity (Wildman–Crippen MR) is 42.8 cm³/mol. The summed E-state index contributed by atoms with van der Waals surface area (Å²) in [6, 6.07) is 2.64. The fourth-order valence-electron chi connectivity index (χ4n) is 1.00. The number of hydrogen-bond donors (Lipinski definition) is 1. The number of aryl methyl sites for hydroxylation is 1. The van der Waals surface area contributed by atoms with Crippen molar-refractivity contribution in [3.63, 3.8) is 0 Å². The van der Waals surface area contributed by atoms with Crippen LogP contribution in [-0.2, 0) is 0 Å². The van der Waals surface area contributed by atoms with Crippen LogP contribution in [0, 0.1) is 12.7 Å². The number of phenols is 1. The summed E-state index contributed by atoms with van der Waals surface area (Å²) in [4.78, 5) is 10.8. The Kier molecular flexibility index (Phi) is 2.13. The molecular weight excluding hydrogens is 159 g/mol. The van der Waals surface area contributed by atoms with Crippen LogP contribution in [0.4, 0.5) is 4.39 Å². The van der Waals surface area contributed by atoms with Gasteiger partial charge in [0, 0.05) is 0 Å². The van der Waals surface area contributed by atoms with E-state index in [2.05, 4.69) is 0 Å². The summed E-state index contributed by atoms with van der Waals surface area (Å²) in [6.45, 7) is 2.95. The lowest BCUT2D eigenvalue weighted by Crippen LogP contribution is -1.95. The molecule has 1 rings (SSSR count).